The van der Waals surface area contributed by atoms with Crippen LogP contribution >= 0.6 is 11.6 Å². The van der Waals surface area contributed by atoms with E-state index in [-0.39, 0.29) is 18.2 Å². The summed E-state index contributed by atoms with van der Waals surface area (Å²) < 4.78 is 9.86. The molecule has 1 aromatic rings. The van der Waals surface area contributed by atoms with Crippen LogP contribution in [0.5, 0.6) is 5.75 Å². The van der Waals surface area contributed by atoms with Crippen LogP contribution < -0.4 is 4.74 Å². The van der Waals surface area contributed by atoms with Gasteiger partial charge in [0.2, 0.25) is 0 Å². The lowest BCUT2D eigenvalue weighted by atomic mass is 10.2. The van der Waals surface area contributed by atoms with E-state index in [4.69, 9.17) is 26.2 Å². The maximum atomic E-state index is 11.5. The summed E-state index contributed by atoms with van der Waals surface area (Å²) in [4.78, 5) is 11.5. The van der Waals surface area contributed by atoms with Crippen molar-refractivity contribution in [3.8, 4) is 5.75 Å². The van der Waals surface area contributed by atoms with Gasteiger partial charge in [-0.15, -0.1) is 0 Å². The molecule has 1 N–H and O–H groups in total. The second-order valence-corrected chi connectivity index (χ2v) is 3.47. The first-order valence-electron chi connectivity index (χ1n) is 4.80. The molecule has 0 atom stereocenters. The second kappa shape index (κ2) is 6.35. The van der Waals surface area contributed by atoms with Gasteiger partial charge >= 0.3 is 5.97 Å². The van der Waals surface area contributed by atoms with E-state index in [0.29, 0.717) is 17.7 Å². The highest BCUT2D eigenvalue weighted by Crippen LogP contribution is 2.22. The predicted octanol–water partition coefficient (Wildman–Crippen LogP) is 1.89. The van der Waals surface area contributed by atoms with Gasteiger partial charge in [0, 0.05) is 13.0 Å². The average molecular weight is 245 g/mol. The SMILES string of the molecule is COc1ccc(C(=O)OCCCO)c(Cl)c1. The van der Waals surface area contributed by atoms with E-state index in [2.05, 4.69) is 0 Å². The van der Waals surface area contributed by atoms with Gasteiger partial charge in [-0.25, -0.2) is 4.79 Å². The number of methoxy groups -OCH3 is 1. The zero-order chi connectivity index (χ0) is 12.0. The Labute approximate surface area is 98.7 Å². The maximum absolute atomic E-state index is 11.5. The summed E-state index contributed by atoms with van der Waals surface area (Å²) >= 11 is 5.89. The second-order valence-electron chi connectivity index (χ2n) is 3.06. The fraction of sp³-hybridized carbons (Fsp3) is 0.364. The van der Waals surface area contributed by atoms with E-state index in [1.54, 1.807) is 18.2 Å². The van der Waals surface area contributed by atoms with Crippen molar-refractivity contribution in [2.24, 2.45) is 0 Å². The third-order valence-corrected chi connectivity index (χ3v) is 2.24. The molecule has 0 radical (unpaired) electrons. The number of carbonyl (C=O) groups is 1. The number of benzene rings is 1. The number of esters is 1. The standard InChI is InChI=1S/C11H13ClO4/c1-15-8-3-4-9(10(12)7-8)11(14)16-6-2-5-13/h3-4,7,13H,2,5-6H2,1H3. The minimum atomic E-state index is -0.499. The molecule has 5 heteroatoms. The van der Waals surface area contributed by atoms with E-state index in [1.165, 1.54) is 7.11 Å². The van der Waals surface area contributed by atoms with Crippen LogP contribution in [-0.4, -0.2) is 31.4 Å². The van der Waals surface area contributed by atoms with Crippen molar-refractivity contribution in [2.75, 3.05) is 20.3 Å². The van der Waals surface area contributed by atoms with Crippen molar-refractivity contribution < 1.29 is 19.4 Å². The smallest absolute Gasteiger partial charge is 0.339 e. The van der Waals surface area contributed by atoms with Gasteiger partial charge in [-0.1, -0.05) is 11.6 Å². The first-order valence-corrected chi connectivity index (χ1v) is 5.18. The van der Waals surface area contributed by atoms with Gasteiger partial charge in [-0.3, -0.25) is 0 Å². The van der Waals surface area contributed by atoms with Crippen LogP contribution in [0.1, 0.15) is 16.8 Å². The monoisotopic (exact) mass is 244 g/mol. The van der Waals surface area contributed by atoms with Crippen LogP contribution in [-0.2, 0) is 4.74 Å². The van der Waals surface area contributed by atoms with Gasteiger partial charge in [-0.2, -0.15) is 0 Å². The van der Waals surface area contributed by atoms with Crippen LogP contribution in [0.15, 0.2) is 18.2 Å². The molecule has 0 unspecified atom stereocenters. The highest BCUT2D eigenvalue weighted by molar-refractivity contribution is 6.33. The van der Waals surface area contributed by atoms with E-state index in [0.717, 1.165) is 0 Å². The van der Waals surface area contributed by atoms with Gasteiger partial charge < -0.3 is 14.6 Å². The van der Waals surface area contributed by atoms with E-state index in [9.17, 15) is 4.79 Å². The Morgan fingerprint density at radius 3 is 2.81 bits per heavy atom. The molecule has 0 aliphatic rings. The Balaban J connectivity index is 2.68. The summed E-state index contributed by atoms with van der Waals surface area (Å²) in [5, 5.41) is 8.82. The minimum Gasteiger partial charge on any atom is -0.497 e. The average Bonchev–Trinajstić information content (AvgIpc) is 2.29. The number of hydrogen-bond acceptors (Lipinski definition) is 4. The molecule has 0 spiro atoms. The summed E-state index contributed by atoms with van der Waals surface area (Å²) in [5.74, 6) is 0.0815. The minimum absolute atomic E-state index is 0.0103. The van der Waals surface area contributed by atoms with Crippen molar-refractivity contribution in [1.82, 2.24) is 0 Å². The third-order valence-electron chi connectivity index (χ3n) is 1.93. The van der Waals surface area contributed by atoms with Gasteiger partial charge in [0.15, 0.2) is 0 Å². The molecule has 0 aliphatic heterocycles. The van der Waals surface area contributed by atoms with Gasteiger partial charge in [0.25, 0.3) is 0 Å². The molecule has 4 nitrogen and oxygen atoms in total. The summed E-state index contributed by atoms with van der Waals surface area (Å²) in [7, 11) is 1.52. The Morgan fingerprint density at radius 1 is 1.50 bits per heavy atom. The maximum Gasteiger partial charge on any atom is 0.339 e. The highest BCUT2D eigenvalue weighted by Gasteiger charge is 2.12. The molecule has 0 saturated heterocycles. The molecule has 0 aliphatic carbocycles. The molecule has 16 heavy (non-hydrogen) atoms. The van der Waals surface area contributed by atoms with Gasteiger partial charge in [-0.05, 0) is 18.2 Å². The first-order chi connectivity index (χ1) is 7.69. The van der Waals surface area contributed by atoms with Crippen molar-refractivity contribution in [1.29, 1.82) is 0 Å². The van der Waals surface area contributed by atoms with Gasteiger partial charge in [0.05, 0.1) is 24.3 Å². The van der Waals surface area contributed by atoms with Crippen LogP contribution in [0.3, 0.4) is 0 Å². The molecule has 0 bridgehead atoms. The highest BCUT2D eigenvalue weighted by atomic mass is 35.5. The number of halogens is 1. The summed E-state index contributed by atoms with van der Waals surface area (Å²) in [6.45, 7) is 0.168. The first kappa shape index (κ1) is 12.8. The summed E-state index contributed by atoms with van der Waals surface area (Å²) in [5.41, 5.74) is 0.292. The van der Waals surface area contributed by atoms with Crippen LogP contribution in [0.4, 0.5) is 0 Å². The van der Waals surface area contributed by atoms with E-state index in [1.807, 2.05) is 0 Å². The molecule has 0 fully saturated rings. The molecule has 0 heterocycles. The largest absolute Gasteiger partial charge is 0.497 e. The van der Waals surface area contributed by atoms with Crippen LogP contribution in [0.2, 0.25) is 5.02 Å². The molecule has 0 aromatic heterocycles. The van der Waals surface area contributed by atoms with Crippen LogP contribution in [0, 0.1) is 0 Å². The lowest BCUT2D eigenvalue weighted by molar-refractivity contribution is 0.0482. The van der Waals surface area contributed by atoms with Crippen molar-refractivity contribution in [3.05, 3.63) is 28.8 Å². The molecular formula is C11H13ClO4. The summed E-state index contributed by atoms with van der Waals surface area (Å²) in [6, 6.07) is 4.72. The fourth-order valence-electron chi connectivity index (χ4n) is 1.10. The molecular weight excluding hydrogens is 232 g/mol. The number of aliphatic hydroxyl groups excluding tert-OH is 1. The zero-order valence-corrected chi connectivity index (χ0v) is 9.66. The summed E-state index contributed by atoms with van der Waals surface area (Å²) in [6.07, 6.45) is 0.416. The molecule has 1 aromatic carbocycles. The molecule has 88 valence electrons. The van der Waals surface area contributed by atoms with Crippen molar-refractivity contribution in [2.45, 2.75) is 6.42 Å². The Kier molecular flexibility index (Phi) is 5.08. The molecule has 1 rings (SSSR count). The number of ether oxygens (including phenoxy) is 2. The van der Waals surface area contributed by atoms with Crippen molar-refractivity contribution in [3.63, 3.8) is 0 Å². The quantitative estimate of drug-likeness (QED) is 0.635. The Bertz CT molecular complexity index is 365. The normalized spacial score (nSPS) is 9.94. The predicted molar refractivity (Wildman–Crippen MR) is 60.0 cm³/mol. The lowest BCUT2D eigenvalue weighted by Crippen LogP contribution is -2.08. The zero-order valence-electron chi connectivity index (χ0n) is 8.90. The van der Waals surface area contributed by atoms with Crippen molar-refractivity contribution >= 4 is 17.6 Å². The molecule has 0 amide bonds. The Morgan fingerprint density at radius 2 is 2.25 bits per heavy atom. The van der Waals surface area contributed by atoms with E-state index < -0.39 is 5.97 Å². The number of carbonyl (C=O) groups excluding carboxylic acids is 1. The van der Waals surface area contributed by atoms with Crippen LogP contribution in [0.25, 0.3) is 0 Å². The molecule has 0 saturated carbocycles. The number of rotatable bonds is 5. The number of aliphatic hydroxyl groups is 1. The van der Waals surface area contributed by atoms with Gasteiger partial charge in [0.1, 0.15) is 5.75 Å². The topological polar surface area (TPSA) is 55.8 Å². The lowest BCUT2D eigenvalue weighted by Gasteiger charge is -2.06. The Hall–Kier alpha value is -1.26. The fourth-order valence-corrected chi connectivity index (χ4v) is 1.34. The third kappa shape index (κ3) is 3.40. The van der Waals surface area contributed by atoms with E-state index >= 15 is 0 Å². The number of hydrogen-bond donors (Lipinski definition) is 1.